The first-order valence-corrected chi connectivity index (χ1v) is 7.92. The van der Waals surface area contributed by atoms with Crippen molar-refractivity contribution in [3.8, 4) is 5.69 Å². The summed E-state index contributed by atoms with van der Waals surface area (Å²) < 4.78 is 28.6. The quantitative estimate of drug-likeness (QED) is 0.789. The number of aromatic nitrogens is 4. The summed E-state index contributed by atoms with van der Waals surface area (Å²) in [6.07, 6.45) is 1.40. The average Bonchev–Trinajstić information content (AvgIpc) is 3.13. The maximum absolute atomic E-state index is 12.2. The number of hydrogen-bond donors (Lipinski definition) is 1. The number of nitrogens with one attached hydrogen (secondary N) is 1. The van der Waals surface area contributed by atoms with Crippen LogP contribution >= 0.6 is 11.3 Å². The van der Waals surface area contributed by atoms with Crippen molar-refractivity contribution >= 4 is 27.0 Å². The van der Waals surface area contributed by atoms with E-state index in [2.05, 4.69) is 20.2 Å². The Labute approximate surface area is 118 Å². The molecular formula is C11H9N5O2S2. The molecule has 0 aliphatic heterocycles. The number of tetrazole rings is 1. The van der Waals surface area contributed by atoms with Gasteiger partial charge in [0.2, 0.25) is 0 Å². The summed E-state index contributed by atoms with van der Waals surface area (Å²) in [7, 11) is -3.60. The molecule has 0 spiro atoms. The molecule has 3 aromatic rings. The smallest absolute Gasteiger partial charge is 0.271 e. The van der Waals surface area contributed by atoms with Gasteiger partial charge < -0.3 is 0 Å². The first kappa shape index (κ1) is 12.8. The van der Waals surface area contributed by atoms with Gasteiger partial charge >= 0.3 is 0 Å². The second-order valence-corrected chi connectivity index (χ2v) is 6.67. The fourth-order valence-corrected chi connectivity index (χ4v) is 3.71. The molecule has 9 heteroatoms. The van der Waals surface area contributed by atoms with E-state index in [0.717, 1.165) is 11.3 Å². The van der Waals surface area contributed by atoms with Crippen molar-refractivity contribution in [2.24, 2.45) is 0 Å². The molecule has 0 saturated heterocycles. The van der Waals surface area contributed by atoms with E-state index in [4.69, 9.17) is 0 Å². The molecule has 0 unspecified atom stereocenters. The van der Waals surface area contributed by atoms with Crippen molar-refractivity contribution in [2.45, 2.75) is 4.21 Å². The number of sulfonamides is 1. The number of para-hydroxylation sites is 2. The standard InChI is InChI=1S/C11H9N5O2S2/c17-20(18,11-6-3-7-19-11)13-9-4-1-2-5-10(9)16-8-12-14-15-16/h1-8,13H. The Morgan fingerprint density at radius 2 is 2.00 bits per heavy atom. The molecule has 2 heterocycles. The number of rotatable bonds is 4. The Morgan fingerprint density at radius 3 is 2.70 bits per heavy atom. The summed E-state index contributed by atoms with van der Waals surface area (Å²) in [5.74, 6) is 0. The molecule has 0 fully saturated rings. The van der Waals surface area contributed by atoms with Crippen LogP contribution in [0.15, 0.2) is 52.3 Å². The number of anilines is 1. The fourth-order valence-electron chi connectivity index (χ4n) is 1.64. The summed E-state index contributed by atoms with van der Waals surface area (Å²) in [5, 5.41) is 12.6. The largest absolute Gasteiger partial charge is 0.277 e. The highest BCUT2D eigenvalue weighted by molar-refractivity contribution is 7.94. The van der Waals surface area contributed by atoms with Gasteiger partial charge in [0.05, 0.1) is 11.4 Å². The van der Waals surface area contributed by atoms with Crippen LogP contribution in [-0.2, 0) is 10.0 Å². The second-order valence-electron chi connectivity index (χ2n) is 3.81. The predicted molar refractivity (Wildman–Crippen MR) is 74.3 cm³/mol. The minimum atomic E-state index is -3.60. The molecular weight excluding hydrogens is 298 g/mol. The molecule has 0 atom stereocenters. The minimum absolute atomic E-state index is 0.254. The van der Waals surface area contributed by atoms with Gasteiger partial charge in [0.1, 0.15) is 10.5 Å². The van der Waals surface area contributed by atoms with Crippen LogP contribution in [-0.4, -0.2) is 28.6 Å². The monoisotopic (exact) mass is 307 g/mol. The van der Waals surface area contributed by atoms with Crippen molar-refractivity contribution in [3.05, 3.63) is 48.1 Å². The van der Waals surface area contributed by atoms with Gasteiger partial charge in [-0.15, -0.1) is 16.4 Å². The summed E-state index contributed by atoms with van der Waals surface area (Å²) in [5.41, 5.74) is 0.964. The summed E-state index contributed by atoms with van der Waals surface area (Å²) >= 11 is 1.15. The number of benzene rings is 1. The van der Waals surface area contributed by atoms with E-state index >= 15 is 0 Å². The van der Waals surface area contributed by atoms with E-state index in [1.807, 2.05) is 0 Å². The predicted octanol–water partition coefficient (Wildman–Crippen LogP) is 1.52. The highest BCUT2D eigenvalue weighted by Gasteiger charge is 2.17. The van der Waals surface area contributed by atoms with Crippen LogP contribution in [0.4, 0.5) is 5.69 Å². The Morgan fingerprint density at radius 1 is 1.15 bits per heavy atom. The number of nitrogens with zero attached hydrogens (tertiary/aromatic N) is 4. The molecule has 0 aliphatic rings. The van der Waals surface area contributed by atoms with Gasteiger partial charge in [0, 0.05) is 0 Å². The molecule has 1 N–H and O–H groups in total. The molecule has 0 aliphatic carbocycles. The van der Waals surface area contributed by atoms with E-state index in [9.17, 15) is 8.42 Å². The molecule has 102 valence electrons. The zero-order chi connectivity index (χ0) is 14.0. The second kappa shape index (κ2) is 5.02. The van der Waals surface area contributed by atoms with Crippen LogP contribution in [0.3, 0.4) is 0 Å². The Bertz CT molecular complexity index is 797. The van der Waals surface area contributed by atoms with Crippen LogP contribution in [0.1, 0.15) is 0 Å². The first-order valence-electron chi connectivity index (χ1n) is 5.55. The Kier molecular flexibility index (Phi) is 3.20. The molecule has 3 rings (SSSR count). The lowest BCUT2D eigenvalue weighted by atomic mass is 10.3. The normalized spacial score (nSPS) is 11.4. The van der Waals surface area contributed by atoms with Crippen LogP contribution in [0, 0.1) is 0 Å². The molecule has 2 aromatic heterocycles. The van der Waals surface area contributed by atoms with Gasteiger partial charge in [0.25, 0.3) is 10.0 Å². The van der Waals surface area contributed by atoms with Gasteiger partial charge in [-0.05, 0) is 34.0 Å². The van der Waals surface area contributed by atoms with Gasteiger partial charge in [-0.1, -0.05) is 18.2 Å². The van der Waals surface area contributed by atoms with E-state index < -0.39 is 10.0 Å². The Hall–Kier alpha value is -2.26. The van der Waals surface area contributed by atoms with Crippen LogP contribution in [0.5, 0.6) is 0 Å². The van der Waals surface area contributed by atoms with Gasteiger partial charge in [-0.2, -0.15) is 4.68 Å². The minimum Gasteiger partial charge on any atom is -0.277 e. The lowest BCUT2D eigenvalue weighted by Gasteiger charge is -2.10. The summed E-state index contributed by atoms with van der Waals surface area (Å²) in [6, 6.07) is 10.1. The zero-order valence-electron chi connectivity index (χ0n) is 10.0. The third-order valence-electron chi connectivity index (χ3n) is 2.50. The van der Waals surface area contributed by atoms with Crippen molar-refractivity contribution in [3.63, 3.8) is 0 Å². The highest BCUT2D eigenvalue weighted by Crippen LogP contribution is 2.24. The number of hydrogen-bond acceptors (Lipinski definition) is 6. The SMILES string of the molecule is O=S(=O)(Nc1ccccc1-n1cnnn1)c1cccs1. The van der Waals surface area contributed by atoms with Crippen LogP contribution < -0.4 is 4.72 Å². The topological polar surface area (TPSA) is 89.8 Å². The molecule has 0 radical (unpaired) electrons. The van der Waals surface area contributed by atoms with Crippen molar-refractivity contribution in [1.29, 1.82) is 0 Å². The lowest BCUT2D eigenvalue weighted by Crippen LogP contribution is -2.13. The molecule has 1 aromatic carbocycles. The molecule has 20 heavy (non-hydrogen) atoms. The maximum atomic E-state index is 12.2. The third-order valence-corrected chi connectivity index (χ3v) is 5.27. The first-order chi connectivity index (χ1) is 9.67. The van der Waals surface area contributed by atoms with E-state index in [0.29, 0.717) is 11.4 Å². The maximum Gasteiger partial charge on any atom is 0.271 e. The van der Waals surface area contributed by atoms with E-state index in [1.54, 1.807) is 41.8 Å². The summed E-state index contributed by atoms with van der Waals surface area (Å²) in [6.45, 7) is 0. The van der Waals surface area contributed by atoms with Crippen molar-refractivity contribution < 1.29 is 8.42 Å². The molecule has 7 nitrogen and oxygen atoms in total. The highest BCUT2D eigenvalue weighted by atomic mass is 32.2. The number of thiophene rings is 1. The molecule has 0 amide bonds. The van der Waals surface area contributed by atoms with E-state index in [1.165, 1.54) is 11.0 Å². The molecule has 0 saturated carbocycles. The zero-order valence-corrected chi connectivity index (χ0v) is 11.7. The van der Waals surface area contributed by atoms with Gasteiger partial charge in [-0.25, -0.2) is 8.42 Å². The average molecular weight is 307 g/mol. The lowest BCUT2D eigenvalue weighted by molar-refractivity contribution is 0.603. The van der Waals surface area contributed by atoms with Crippen molar-refractivity contribution in [2.75, 3.05) is 4.72 Å². The van der Waals surface area contributed by atoms with Gasteiger partial charge in [-0.3, -0.25) is 4.72 Å². The Balaban J connectivity index is 2.00. The summed E-state index contributed by atoms with van der Waals surface area (Å²) in [4.78, 5) is 0. The third kappa shape index (κ3) is 2.40. The van der Waals surface area contributed by atoms with Crippen LogP contribution in [0.25, 0.3) is 5.69 Å². The van der Waals surface area contributed by atoms with Gasteiger partial charge in [0.15, 0.2) is 0 Å². The fraction of sp³-hybridized carbons (Fsp3) is 0. The molecule has 0 bridgehead atoms. The van der Waals surface area contributed by atoms with Crippen LogP contribution in [0.2, 0.25) is 0 Å². The van der Waals surface area contributed by atoms with E-state index in [-0.39, 0.29) is 4.21 Å². The van der Waals surface area contributed by atoms with Crippen molar-refractivity contribution in [1.82, 2.24) is 20.2 Å².